The Morgan fingerprint density at radius 2 is 1.83 bits per heavy atom. The van der Waals surface area contributed by atoms with Crippen molar-refractivity contribution in [3.05, 3.63) is 94.5 Å². The minimum atomic E-state index is -4.93. The lowest BCUT2D eigenvalue weighted by atomic mass is 9.80. The number of benzene rings is 2. The fourth-order valence-electron chi connectivity index (χ4n) is 4.95. The number of alkyl halides is 4. The number of nitrogens with zero attached hydrogens (tertiary/aromatic N) is 1. The second-order valence-corrected chi connectivity index (χ2v) is 10.1. The van der Waals surface area contributed by atoms with E-state index in [2.05, 4.69) is 20.4 Å². The van der Waals surface area contributed by atoms with E-state index in [4.69, 9.17) is 11.6 Å². The van der Waals surface area contributed by atoms with Gasteiger partial charge in [0.2, 0.25) is 0 Å². The van der Waals surface area contributed by atoms with Crippen LogP contribution in [0.15, 0.2) is 66.9 Å². The number of amides is 2. The van der Waals surface area contributed by atoms with E-state index in [0.717, 1.165) is 12.1 Å². The van der Waals surface area contributed by atoms with E-state index in [9.17, 15) is 36.6 Å². The second kappa shape index (κ2) is 12.3. The van der Waals surface area contributed by atoms with E-state index in [1.165, 1.54) is 18.3 Å². The minimum absolute atomic E-state index is 0.0966. The number of halogens is 6. The van der Waals surface area contributed by atoms with Gasteiger partial charge in [-0.15, -0.1) is 0 Å². The molecule has 0 bridgehead atoms. The number of pyridine rings is 1. The summed E-state index contributed by atoms with van der Waals surface area (Å²) in [6, 6.07) is 12.2. The van der Waals surface area contributed by atoms with Gasteiger partial charge in [-0.3, -0.25) is 9.78 Å². The number of carboxylic acid groups (broad SMARTS) is 1. The summed E-state index contributed by atoms with van der Waals surface area (Å²) in [4.78, 5) is 29.4. The molecule has 0 spiro atoms. The van der Waals surface area contributed by atoms with Gasteiger partial charge in [-0.25, -0.2) is 9.18 Å². The molecule has 0 radical (unpaired) electrons. The van der Waals surface area contributed by atoms with E-state index < -0.39 is 53.6 Å². The van der Waals surface area contributed by atoms with Gasteiger partial charge >= 0.3 is 24.5 Å². The van der Waals surface area contributed by atoms with E-state index >= 15 is 0 Å². The standard InChI is InChI=1S/C28H25ClF5N3O4/c29-18-9-10-23(35-15-18)27(14-16-5-2-1-3-6-16,37-26(40)36-22-8-4-7-21(22)24(38)39)17-11-19(30)13-20(12-17)41-28(33,34)25(31)32/h1-3,5-6,9-13,15,21-22,25H,4,7-8,14H2,(H,38,39)(H2,36,37,40)/t21?,22?,27-/m0/s1. The van der Waals surface area contributed by atoms with Crippen LogP contribution in [0.3, 0.4) is 0 Å². The van der Waals surface area contributed by atoms with E-state index in [1.54, 1.807) is 30.3 Å². The predicted octanol–water partition coefficient (Wildman–Crippen LogP) is 6.15. The highest BCUT2D eigenvalue weighted by atomic mass is 35.5. The van der Waals surface area contributed by atoms with Crippen molar-refractivity contribution in [1.29, 1.82) is 0 Å². The van der Waals surface area contributed by atoms with Gasteiger partial charge in [0.15, 0.2) is 0 Å². The molecular formula is C28H25ClF5N3O4. The Bertz CT molecular complexity index is 1380. The Morgan fingerprint density at radius 3 is 2.46 bits per heavy atom. The summed E-state index contributed by atoms with van der Waals surface area (Å²) in [6.45, 7) is 0. The molecule has 1 aromatic heterocycles. The Morgan fingerprint density at radius 1 is 1.10 bits per heavy atom. The Hall–Kier alpha value is -3.93. The van der Waals surface area contributed by atoms with Crippen molar-refractivity contribution in [1.82, 2.24) is 15.6 Å². The Labute approximate surface area is 236 Å². The van der Waals surface area contributed by atoms with E-state index in [-0.39, 0.29) is 22.7 Å². The monoisotopic (exact) mass is 597 g/mol. The Kier molecular flexibility index (Phi) is 9.01. The van der Waals surface area contributed by atoms with Gasteiger partial charge in [0.05, 0.1) is 16.6 Å². The summed E-state index contributed by atoms with van der Waals surface area (Å²) in [7, 11) is 0. The molecule has 13 heteroatoms. The molecule has 218 valence electrons. The molecule has 7 nitrogen and oxygen atoms in total. The van der Waals surface area contributed by atoms with Gasteiger partial charge in [-0.2, -0.15) is 17.6 Å². The highest BCUT2D eigenvalue weighted by Gasteiger charge is 2.45. The van der Waals surface area contributed by atoms with Crippen molar-refractivity contribution in [2.24, 2.45) is 5.92 Å². The van der Waals surface area contributed by atoms with Gasteiger partial charge < -0.3 is 20.5 Å². The molecule has 41 heavy (non-hydrogen) atoms. The van der Waals surface area contributed by atoms with Crippen molar-refractivity contribution in [3.63, 3.8) is 0 Å². The number of hydrogen-bond acceptors (Lipinski definition) is 4. The molecule has 4 rings (SSSR count). The highest BCUT2D eigenvalue weighted by Crippen LogP contribution is 2.37. The van der Waals surface area contributed by atoms with Crippen LogP contribution in [0.2, 0.25) is 5.02 Å². The molecule has 0 aliphatic heterocycles. The molecule has 1 aliphatic rings. The predicted molar refractivity (Wildman–Crippen MR) is 139 cm³/mol. The first-order chi connectivity index (χ1) is 19.4. The lowest BCUT2D eigenvalue weighted by Gasteiger charge is -2.36. The molecule has 1 aliphatic carbocycles. The number of ether oxygens (including phenoxy) is 1. The number of aliphatic carboxylic acids is 1. The third-order valence-electron chi connectivity index (χ3n) is 6.83. The molecule has 3 N–H and O–H groups in total. The van der Waals surface area contributed by atoms with Gasteiger partial charge in [0, 0.05) is 24.7 Å². The first-order valence-electron chi connectivity index (χ1n) is 12.5. The van der Waals surface area contributed by atoms with Gasteiger partial charge in [0.25, 0.3) is 0 Å². The SMILES string of the molecule is O=C(NC1CCCC1C(=O)O)N[C@@](Cc1ccccc1)(c1cc(F)cc(OC(F)(F)C(F)F)c1)c1ccc(Cl)cn1. The third-order valence-corrected chi connectivity index (χ3v) is 7.05. The van der Waals surface area contributed by atoms with Crippen molar-refractivity contribution in [3.8, 4) is 5.75 Å². The summed E-state index contributed by atoms with van der Waals surface area (Å²) in [5.41, 5.74) is -1.27. The molecule has 2 aromatic carbocycles. The number of carbonyl (C=O) groups excluding carboxylic acids is 1. The largest absolute Gasteiger partial charge is 0.481 e. The van der Waals surface area contributed by atoms with Crippen LogP contribution < -0.4 is 15.4 Å². The van der Waals surface area contributed by atoms with Crippen LogP contribution in [0.4, 0.5) is 26.7 Å². The first-order valence-corrected chi connectivity index (χ1v) is 12.9. The molecule has 2 amide bonds. The number of rotatable bonds is 10. The summed E-state index contributed by atoms with van der Waals surface area (Å²) in [5, 5.41) is 15.2. The van der Waals surface area contributed by atoms with Crippen molar-refractivity contribution < 1.29 is 41.4 Å². The van der Waals surface area contributed by atoms with Crippen LogP contribution in [0, 0.1) is 11.7 Å². The van der Waals surface area contributed by atoms with Crippen molar-refractivity contribution in [2.75, 3.05) is 0 Å². The molecule has 3 aromatic rings. The van der Waals surface area contributed by atoms with Crippen molar-refractivity contribution in [2.45, 2.75) is 49.8 Å². The van der Waals surface area contributed by atoms with Gasteiger partial charge in [-0.05, 0) is 48.2 Å². The maximum Gasteiger partial charge on any atom is 0.461 e. The molecule has 1 fully saturated rings. The fourth-order valence-corrected chi connectivity index (χ4v) is 5.06. The average Bonchev–Trinajstić information content (AvgIpc) is 3.37. The highest BCUT2D eigenvalue weighted by molar-refractivity contribution is 6.30. The topological polar surface area (TPSA) is 101 Å². The molecule has 2 unspecified atom stereocenters. The van der Waals surface area contributed by atoms with Gasteiger partial charge in [-0.1, -0.05) is 48.4 Å². The summed E-state index contributed by atoms with van der Waals surface area (Å²) >= 11 is 6.03. The lowest BCUT2D eigenvalue weighted by Crippen LogP contribution is -2.55. The summed E-state index contributed by atoms with van der Waals surface area (Å²) in [6.07, 6.45) is -6.65. The van der Waals surface area contributed by atoms with Crippen LogP contribution in [-0.4, -0.2) is 40.7 Å². The van der Waals surface area contributed by atoms with E-state index in [0.29, 0.717) is 30.9 Å². The Balaban J connectivity index is 1.85. The third kappa shape index (κ3) is 7.05. The average molecular weight is 598 g/mol. The number of carboxylic acids is 1. The smallest absolute Gasteiger partial charge is 0.461 e. The lowest BCUT2D eigenvalue weighted by molar-refractivity contribution is -0.253. The minimum Gasteiger partial charge on any atom is -0.481 e. The summed E-state index contributed by atoms with van der Waals surface area (Å²) < 4.78 is 72.4. The zero-order chi connectivity index (χ0) is 29.8. The number of nitrogens with one attached hydrogen (secondary N) is 2. The van der Waals surface area contributed by atoms with Crippen LogP contribution in [-0.2, 0) is 16.8 Å². The quantitative estimate of drug-likeness (QED) is 0.244. The zero-order valence-electron chi connectivity index (χ0n) is 21.3. The van der Waals surface area contributed by atoms with Crippen LogP contribution >= 0.6 is 11.6 Å². The number of aromatic nitrogens is 1. The number of hydrogen-bond donors (Lipinski definition) is 3. The van der Waals surface area contributed by atoms with Crippen LogP contribution in [0.5, 0.6) is 5.75 Å². The fraction of sp³-hybridized carbons (Fsp3) is 0.321. The maximum atomic E-state index is 14.9. The first kappa shape index (κ1) is 30.0. The molecule has 3 atom stereocenters. The summed E-state index contributed by atoms with van der Waals surface area (Å²) in [5.74, 6) is -3.93. The molecule has 1 saturated carbocycles. The van der Waals surface area contributed by atoms with Crippen LogP contribution in [0.25, 0.3) is 0 Å². The number of urea groups is 1. The molecule has 0 saturated heterocycles. The van der Waals surface area contributed by atoms with Gasteiger partial charge in [0.1, 0.15) is 17.1 Å². The second-order valence-electron chi connectivity index (χ2n) is 9.65. The van der Waals surface area contributed by atoms with Crippen LogP contribution in [0.1, 0.15) is 36.1 Å². The maximum absolute atomic E-state index is 14.9. The van der Waals surface area contributed by atoms with E-state index in [1.807, 2.05) is 0 Å². The molecule has 1 heterocycles. The molecular weight excluding hydrogens is 573 g/mol. The number of carbonyl (C=O) groups is 2. The van der Waals surface area contributed by atoms with Crippen molar-refractivity contribution >= 4 is 23.6 Å². The normalized spacial score (nSPS) is 18.5. The zero-order valence-corrected chi connectivity index (χ0v) is 22.1.